The second-order valence-corrected chi connectivity index (χ2v) is 6.63. The molecule has 1 aliphatic rings. The molecule has 0 saturated heterocycles. The lowest BCUT2D eigenvalue weighted by Gasteiger charge is -2.21. The van der Waals surface area contributed by atoms with Gasteiger partial charge in [0.2, 0.25) is 0 Å². The summed E-state index contributed by atoms with van der Waals surface area (Å²) in [5, 5.41) is 10.1. The molecule has 1 aromatic heterocycles. The predicted molar refractivity (Wildman–Crippen MR) is 102 cm³/mol. The highest BCUT2D eigenvalue weighted by Gasteiger charge is 2.17. The number of rotatable bonds is 4. The minimum atomic E-state index is -0.205. The summed E-state index contributed by atoms with van der Waals surface area (Å²) in [6, 6.07) is 15.3. The average Bonchev–Trinajstić information content (AvgIpc) is 3.18. The maximum Gasteiger partial charge on any atom is 0.269 e. The Morgan fingerprint density at radius 2 is 1.81 bits per heavy atom. The first-order chi connectivity index (χ1) is 13.1. The Morgan fingerprint density at radius 1 is 1.07 bits per heavy atom. The standard InChI is InChI=1S/C21H21N3O3/c1-13-3-5-15(6-4-13)17-12-18(24-23-17)21(25)22-14(2)16-7-8-19-20(11-16)27-10-9-26-19/h3-8,11-12,14H,9-10H2,1-2H3,(H,22,25)(H,23,24)/t14-/m0/s1. The fourth-order valence-electron chi connectivity index (χ4n) is 3.00. The maximum atomic E-state index is 12.6. The van der Waals surface area contributed by atoms with Gasteiger partial charge in [-0.3, -0.25) is 9.89 Å². The molecule has 0 bridgehead atoms. The van der Waals surface area contributed by atoms with Gasteiger partial charge >= 0.3 is 0 Å². The summed E-state index contributed by atoms with van der Waals surface area (Å²) in [6.45, 7) is 5.06. The SMILES string of the molecule is Cc1ccc(-c2cc(C(=O)N[C@@H](C)c3ccc4c(c3)OCCO4)[nH]n2)cc1. The number of nitrogens with one attached hydrogen (secondary N) is 2. The van der Waals surface area contributed by atoms with E-state index in [4.69, 9.17) is 9.47 Å². The number of carbonyl (C=O) groups is 1. The Hall–Kier alpha value is -3.28. The first-order valence-corrected chi connectivity index (χ1v) is 8.93. The van der Waals surface area contributed by atoms with Gasteiger partial charge in [-0.15, -0.1) is 0 Å². The second kappa shape index (κ2) is 7.15. The minimum absolute atomic E-state index is 0.181. The fourth-order valence-corrected chi connectivity index (χ4v) is 3.00. The van der Waals surface area contributed by atoms with E-state index < -0.39 is 0 Å². The molecule has 6 heteroatoms. The number of ether oxygens (including phenoxy) is 2. The zero-order chi connectivity index (χ0) is 18.8. The second-order valence-electron chi connectivity index (χ2n) is 6.63. The monoisotopic (exact) mass is 363 g/mol. The van der Waals surface area contributed by atoms with Crippen molar-refractivity contribution in [2.75, 3.05) is 13.2 Å². The molecule has 0 radical (unpaired) electrons. The lowest BCUT2D eigenvalue weighted by atomic mass is 10.1. The zero-order valence-electron chi connectivity index (χ0n) is 15.3. The van der Waals surface area contributed by atoms with Crippen LogP contribution in [0.15, 0.2) is 48.5 Å². The van der Waals surface area contributed by atoms with Crippen LogP contribution in [-0.2, 0) is 0 Å². The number of carbonyl (C=O) groups excluding carboxylic acids is 1. The molecule has 0 fully saturated rings. The van der Waals surface area contributed by atoms with Gasteiger partial charge < -0.3 is 14.8 Å². The van der Waals surface area contributed by atoms with Crippen LogP contribution in [-0.4, -0.2) is 29.3 Å². The molecule has 1 amide bonds. The smallest absolute Gasteiger partial charge is 0.269 e. The minimum Gasteiger partial charge on any atom is -0.486 e. The van der Waals surface area contributed by atoms with Gasteiger partial charge in [0.05, 0.1) is 11.7 Å². The molecule has 138 valence electrons. The molecular weight excluding hydrogens is 342 g/mol. The number of nitrogens with zero attached hydrogens (tertiary/aromatic N) is 1. The summed E-state index contributed by atoms with van der Waals surface area (Å²) >= 11 is 0. The van der Waals surface area contributed by atoms with Crippen molar-refractivity contribution in [3.63, 3.8) is 0 Å². The van der Waals surface area contributed by atoms with Gasteiger partial charge in [0.15, 0.2) is 11.5 Å². The van der Waals surface area contributed by atoms with Crippen LogP contribution in [0.3, 0.4) is 0 Å². The van der Waals surface area contributed by atoms with E-state index in [1.54, 1.807) is 6.07 Å². The van der Waals surface area contributed by atoms with Crippen LogP contribution in [0.1, 0.15) is 34.6 Å². The molecule has 2 heterocycles. The summed E-state index contributed by atoms with van der Waals surface area (Å²) in [5.74, 6) is 1.24. The van der Waals surface area contributed by atoms with Crippen molar-refractivity contribution in [3.05, 3.63) is 65.4 Å². The van der Waals surface area contributed by atoms with Crippen molar-refractivity contribution in [2.45, 2.75) is 19.9 Å². The van der Waals surface area contributed by atoms with Gasteiger partial charge in [0.1, 0.15) is 18.9 Å². The molecule has 6 nitrogen and oxygen atoms in total. The Labute approximate surface area is 157 Å². The van der Waals surface area contributed by atoms with E-state index in [9.17, 15) is 4.79 Å². The molecule has 1 aliphatic heterocycles. The lowest BCUT2D eigenvalue weighted by molar-refractivity contribution is 0.0934. The molecule has 2 aromatic carbocycles. The number of hydrogen-bond acceptors (Lipinski definition) is 4. The van der Waals surface area contributed by atoms with Gasteiger partial charge in [0.25, 0.3) is 5.91 Å². The molecular formula is C21H21N3O3. The number of aromatic nitrogens is 2. The molecule has 0 unspecified atom stereocenters. The van der Waals surface area contributed by atoms with E-state index in [1.807, 2.05) is 56.3 Å². The van der Waals surface area contributed by atoms with E-state index in [0.717, 1.165) is 22.6 Å². The largest absolute Gasteiger partial charge is 0.486 e. The topological polar surface area (TPSA) is 76.2 Å². The Kier molecular flexibility index (Phi) is 4.54. The van der Waals surface area contributed by atoms with E-state index in [1.165, 1.54) is 5.56 Å². The predicted octanol–water partition coefficient (Wildman–Crippen LogP) is 3.65. The van der Waals surface area contributed by atoms with Crippen LogP contribution < -0.4 is 14.8 Å². The lowest BCUT2D eigenvalue weighted by Crippen LogP contribution is -2.27. The third kappa shape index (κ3) is 3.65. The third-order valence-corrected chi connectivity index (χ3v) is 4.58. The number of hydrogen-bond donors (Lipinski definition) is 2. The van der Waals surface area contributed by atoms with Crippen molar-refractivity contribution in [2.24, 2.45) is 0 Å². The first-order valence-electron chi connectivity index (χ1n) is 8.93. The number of benzene rings is 2. The molecule has 4 rings (SSSR count). The molecule has 0 saturated carbocycles. The first kappa shape index (κ1) is 17.1. The van der Waals surface area contributed by atoms with Gasteiger partial charge in [-0.2, -0.15) is 5.10 Å². The number of amides is 1. The van der Waals surface area contributed by atoms with Crippen LogP contribution in [0.2, 0.25) is 0 Å². The molecule has 27 heavy (non-hydrogen) atoms. The molecule has 1 atom stereocenters. The van der Waals surface area contributed by atoms with E-state index in [2.05, 4.69) is 15.5 Å². The highest BCUT2D eigenvalue weighted by Crippen LogP contribution is 2.32. The average molecular weight is 363 g/mol. The summed E-state index contributed by atoms with van der Waals surface area (Å²) < 4.78 is 11.1. The van der Waals surface area contributed by atoms with Gasteiger partial charge in [0, 0.05) is 5.56 Å². The fraction of sp³-hybridized carbons (Fsp3) is 0.238. The number of fused-ring (bicyclic) bond motifs is 1. The van der Waals surface area contributed by atoms with Gasteiger partial charge in [-0.1, -0.05) is 35.9 Å². The quantitative estimate of drug-likeness (QED) is 0.742. The molecule has 2 N–H and O–H groups in total. The number of H-pyrrole nitrogens is 1. The summed E-state index contributed by atoms with van der Waals surface area (Å²) in [5.41, 5.74) is 4.27. The van der Waals surface area contributed by atoms with Crippen LogP contribution >= 0.6 is 0 Å². The highest BCUT2D eigenvalue weighted by atomic mass is 16.6. The van der Waals surface area contributed by atoms with Gasteiger partial charge in [-0.05, 0) is 37.6 Å². The Balaban J connectivity index is 1.46. The zero-order valence-corrected chi connectivity index (χ0v) is 15.3. The van der Waals surface area contributed by atoms with Crippen molar-refractivity contribution in [1.29, 1.82) is 0 Å². The van der Waals surface area contributed by atoms with Crippen LogP contribution in [0, 0.1) is 6.92 Å². The van der Waals surface area contributed by atoms with Crippen molar-refractivity contribution in [1.82, 2.24) is 15.5 Å². The molecule has 3 aromatic rings. The van der Waals surface area contributed by atoms with Crippen molar-refractivity contribution < 1.29 is 14.3 Å². The van der Waals surface area contributed by atoms with Crippen molar-refractivity contribution >= 4 is 5.91 Å². The van der Waals surface area contributed by atoms with Crippen LogP contribution in [0.4, 0.5) is 0 Å². The normalized spacial score (nSPS) is 13.9. The number of aromatic amines is 1. The highest BCUT2D eigenvalue weighted by molar-refractivity contribution is 5.93. The summed E-state index contributed by atoms with van der Waals surface area (Å²) in [6.07, 6.45) is 0. The summed E-state index contributed by atoms with van der Waals surface area (Å²) in [4.78, 5) is 12.6. The van der Waals surface area contributed by atoms with E-state index in [0.29, 0.717) is 24.7 Å². The number of aryl methyl sites for hydroxylation is 1. The van der Waals surface area contributed by atoms with Crippen LogP contribution in [0.5, 0.6) is 11.5 Å². The maximum absolute atomic E-state index is 12.6. The van der Waals surface area contributed by atoms with Gasteiger partial charge in [-0.25, -0.2) is 0 Å². The Morgan fingerprint density at radius 3 is 2.59 bits per heavy atom. The van der Waals surface area contributed by atoms with E-state index in [-0.39, 0.29) is 11.9 Å². The third-order valence-electron chi connectivity index (χ3n) is 4.58. The summed E-state index contributed by atoms with van der Waals surface area (Å²) in [7, 11) is 0. The van der Waals surface area contributed by atoms with Crippen LogP contribution in [0.25, 0.3) is 11.3 Å². The molecule has 0 aliphatic carbocycles. The Bertz CT molecular complexity index is 963. The van der Waals surface area contributed by atoms with E-state index >= 15 is 0 Å². The molecule has 0 spiro atoms. The van der Waals surface area contributed by atoms with Crippen molar-refractivity contribution in [3.8, 4) is 22.8 Å².